The molecule has 1 aromatic carbocycles. The highest BCUT2D eigenvalue weighted by Crippen LogP contribution is 2.45. The summed E-state index contributed by atoms with van der Waals surface area (Å²) in [7, 11) is 0. The minimum atomic E-state index is -0.843. The van der Waals surface area contributed by atoms with Crippen LogP contribution in [0.25, 0.3) is 0 Å². The van der Waals surface area contributed by atoms with Crippen LogP contribution in [-0.4, -0.2) is 47.5 Å². The Morgan fingerprint density at radius 1 is 1.16 bits per heavy atom. The molecule has 0 radical (unpaired) electrons. The van der Waals surface area contributed by atoms with E-state index in [1.807, 2.05) is 11.0 Å². The lowest BCUT2D eigenvalue weighted by molar-refractivity contribution is -0.132. The van der Waals surface area contributed by atoms with Crippen molar-refractivity contribution >= 4 is 11.7 Å². The first kappa shape index (κ1) is 20.8. The lowest BCUT2D eigenvalue weighted by Crippen LogP contribution is -2.56. The Labute approximate surface area is 185 Å². The Hall–Kier alpha value is -3.05. The van der Waals surface area contributed by atoms with Crippen LogP contribution < -0.4 is 10.2 Å². The van der Waals surface area contributed by atoms with Gasteiger partial charge in [-0.2, -0.15) is 5.26 Å². The summed E-state index contributed by atoms with van der Waals surface area (Å²) < 4.78 is 26.9. The molecule has 3 heterocycles. The third-order valence-corrected chi connectivity index (χ3v) is 7.00. The molecule has 2 unspecified atom stereocenters. The van der Waals surface area contributed by atoms with E-state index >= 15 is 0 Å². The van der Waals surface area contributed by atoms with E-state index in [0.29, 0.717) is 31.6 Å². The second-order valence-electron chi connectivity index (χ2n) is 9.00. The molecule has 1 saturated carbocycles. The maximum Gasteiger partial charge on any atom is 0.223 e. The van der Waals surface area contributed by atoms with E-state index in [2.05, 4.69) is 21.3 Å². The second kappa shape index (κ2) is 8.14. The van der Waals surface area contributed by atoms with Gasteiger partial charge in [-0.3, -0.25) is 4.79 Å². The molecule has 0 spiro atoms. The number of halogens is 2. The zero-order chi connectivity index (χ0) is 22.3. The second-order valence-corrected chi connectivity index (χ2v) is 9.00. The minimum Gasteiger partial charge on any atom is -0.347 e. The number of amides is 1. The molecule has 3 fully saturated rings. The van der Waals surface area contributed by atoms with Gasteiger partial charge >= 0.3 is 0 Å². The average molecular weight is 437 g/mol. The molecule has 1 aromatic heterocycles. The summed E-state index contributed by atoms with van der Waals surface area (Å²) in [5, 5.41) is 12.4. The van der Waals surface area contributed by atoms with Gasteiger partial charge in [0.05, 0.1) is 5.56 Å². The van der Waals surface area contributed by atoms with Crippen LogP contribution in [0.4, 0.5) is 14.6 Å². The largest absolute Gasteiger partial charge is 0.347 e. The van der Waals surface area contributed by atoms with Crippen LogP contribution in [-0.2, 0) is 10.3 Å². The first-order valence-corrected chi connectivity index (χ1v) is 11.1. The van der Waals surface area contributed by atoms with E-state index in [-0.39, 0.29) is 23.5 Å². The van der Waals surface area contributed by atoms with Gasteiger partial charge < -0.3 is 15.1 Å². The number of nitrogens with zero attached hydrogens (tertiary/aromatic N) is 4. The highest BCUT2D eigenvalue weighted by molar-refractivity contribution is 5.77. The maximum atomic E-state index is 13.6. The van der Waals surface area contributed by atoms with Gasteiger partial charge in [0.15, 0.2) is 11.6 Å². The molecule has 2 atom stereocenters. The zero-order valence-electron chi connectivity index (χ0n) is 17.7. The SMILES string of the molecule is N#Cc1ccc(N2C3CCC2CN(C(=O)CCNC2(c4ccc(F)c(F)c4)CC2)C3)nc1. The lowest BCUT2D eigenvalue weighted by atomic mass is 10.0. The summed E-state index contributed by atoms with van der Waals surface area (Å²) in [6, 6.07) is 10.3. The number of piperazine rings is 1. The molecule has 166 valence electrons. The van der Waals surface area contributed by atoms with Crippen molar-refractivity contribution < 1.29 is 13.6 Å². The Morgan fingerprint density at radius 2 is 1.91 bits per heavy atom. The molecule has 6 nitrogen and oxygen atoms in total. The third-order valence-electron chi connectivity index (χ3n) is 7.00. The molecule has 2 aromatic rings. The molecular formula is C24H25F2N5O. The average Bonchev–Trinajstić information content (AvgIpc) is 3.55. The quantitative estimate of drug-likeness (QED) is 0.752. The van der Waals surface area contributed by atoms with Crippen molar-refractivity contribution in [2.45, 2.75) is 49.7 Å². The van der Waals surface area contributed by atoms with Gasteiger partial charge in [-0.25, -0.2) is 13.8 Å². The number of carbonyl (C=O) groups excluding carboxylic acids is 1. The van der Waals surface area contributed by atoms with Gasteiger partial charge in [0.2, 0.25) is 5.91 Å². The van der Waals surface area contributed by atoms with Crippen LogP contribution in [0, 0.1) is 23.0 Å². The summed E-state index contributed by atoms with van der Waals surface area (Å²) in [5.41, 5.74) is 0.943. The van der Waals surface area contributed by atoms with E-state index in [4.69, 9.17) is 5.26 Å². The Balaban J connectivity index is 1.16. The summed E-state index contributed by atoms with van der Waals surface area (Å²) in [5.74, 6) is -0.697. The molecule has 5 rings (SSSR count). The number of fused-ring (bicyclic) bond motifs is 2. The summed E-state index contributed by atoms with van der Waals surface area (Å²) in [6.07, 6.45) is 5.72. The Bertz CT molecular complexity index is 1050. The zero-order valence-corrected chi connectivity index (χ0v) is 17.7. The predicted molar refractivity (Wildman–Crippen MR) is 115 cm³/mol. The molecule has 3 aliphatic rings. The van der Waals surface area contributed by atoms with Gasteiger partial charge in [-0.15, -0.1) is 0 Å². The van der Waals surface area contributed by atoms with E-state index in [0.717, 1.165) is 43.1 Å². The number of hydrogen-bond acceptors (Lipinski definition) is 5. The van der Waals surface area contributed by atoms with Crippen molar-refractivity contribution in [1.29, 1.82) is 5.26 Å². The fraction of sp³-hybridized carbons (Fsp3) is 0.458. The molecule has 1 amide bonds. The van der Waals surface area contributed by atoms with Gasteiger partial charge in [-0.05, 0) is 55.5 Å². The minimum absolute atomic E-state index is 0.114. The van der Waals surface area contributed by atoms with E-state index in [9.17, 15) is 13.6 Å². The predicted octanol–water partition coefficient (Wildman–Crippen LogP) is 3.08. The van der Waals surface area contributed by atoms with Crippen LogP contribution in [0.15, 0.2) is 36.5 Å². The van der Waals surface area contributed by atoms with Crippen LogP contribution in [0.5, 0.6) is 0 Å². The smallest absolute Gasteiger partial charge is 0.223 e. The van der Waals surface area contributed by atoms with Gasteiger partial charge in [0, 0.05) is 49.9 Å². The molecule has 8 heteroatoms. The number of aromatic nitrogens is 1. The van der Waals surface area contributed by atoms with E-state index in [1.165, 1.54) is 6.07 Å². The van der Waals surface area contributed by atoms with Crippen LogP contribution in [0.1, 0.15) is 43.2 Å². The number of nitrogens with one attached hydrogen (secondary N) is 1. The Kier molecular flexibility index (Phi) is 5.30. The lowest BCUT2D eigenvalue weighted by Gasteiger charge is -2.42. The van der Waals surface area contributed by atoms with Gasteiger partial charge in [-0.1, -0.05) is 6.07 Å². The van der Waals surface area contributed by atoms with Crippen molar-refractivity contribution in [3.63, 3.8) is 0 Å². The standard InChI is InChI=1S/C24H25F2N5O/c25-20-5-2-17(11-21(20)26)24(8-9-24)29-10-7-23(32)30-14-18-3-4-19(15-30)31(18)22-6-1-16(12-27)13-28-22/h1-2,5-6,11,13,18-19,29H,3-4,7-10,14-15H2. The Morgan fingerprint density at radius 3 is 2.50 bits per heavy atom. The first-order chi connectivity index (χ1) is 15.5. The van der Waals surface area contributed by atoms with Crippen molar-refractivity contribution in [3.05, 3.63) is 59.3 Å². The number of pyridine rings is 1. The maximum absolute atomic E-state index is 13.6. The topological polar surface area (TPSA) is 72.3 Å². The number of rotatable bonds is 6. The number of likely N-dealkylation sites (tertiary alicyclic amines) is 1. The summed E-state index contributed by atoms with van der Waals surface area (Å²) in [6.45, 7) is 1.85. The molecular weight excluding hydrogens is 412 g/mol. The third kappa shape index (κ3) is 3.82. The molecule has 32 heavy (non-hydrogen) atoms. The molecule has 1 N–H and O–H groups in total. The van der Waals surface area contributed by atoms with E-state index < -0.39 is 11.6 Å². The van der Waals surface area contributed by atoms with Crippen molar-refractivity contribution in [2.24, 2.45) is 0 Å². The fourth-order valence-electron chi connectivity index (χ4n) is 5.14. The van der Waals surface area contributed by atoms with Crippen molar-refractivity contribution in [1.82, 2.24) is 15.2 Å². The molecule has 2 saturated heterocycles. The molecule has 1 aliphatic carbocycles. The van der Waals surface area contributed by atoms with Crippen molar-refractivity contribution in [3.8, 4) is 6.07 Å². The highest BCUT2D eigenvalue weighted by Gasteiger charge is 2.45. The number of anilines is 1. The number of nitriles is 1. The first-order valence-electron chi connectivity index (χ1n) is 11.1. The van der Waals surface area contributed by atoms with Crippen LogP contribution in [0.3, 0.4) is 0 Å². The van der Waals surface area contributed by atoms with Crippen LogP contribution >= 0.6 is 0 Å². The molecule has 2 aliphatic heterocycles. The molecule has 2 bridgehead atoms. The normalized spacial score (nSPS) is 23.2. The van der Waals surface area contributed by atoms with Gasteiger partial charge in [0.25, 0.3) is 0 Å². The van der Waals surface area contributed by atoms with Crippen LogP contribution in [0.2, 0.25) is 0 Å². The van der Waals surface area contributed by atoms with E-state index in [1.54, 1.807) is 18.3 Å². The van der Waals surface area contributed by atoms with Crippen molar-refractivity contribution in [2.75, 3.05) is 24.5 Å². The fourth-order valence-corrected chi connectivity index (χ4v) is 5.14. The monoisotopic (exact) mass is 437 g/mol. The number of carbonyl (C=O) groups is 1. The summed E-state index contributed by atoms with van der Waals surface area (Å²) >= 11 is 0. The summed E-state index contributed by atoms with van der Waals surface area (Å²) in [4.78, 5) is 21.6. The van der Waals surface area contributed by atoms with Gasteiger partial charge in [0.1, 0.15) is 11.9 Å². The number of benzene rings is 1. The highest BCUT2D eigenvalue weighted by atomic mass is 19.2. The number of hydrogen-bond donors (Lipinski definition) is 1.